The number of anilines is 2. The molecule has 0 fully saturated rings. The Hall–Kier alpha value is -2.20. The summed E-state index contributed by atoms with van der Waals surface area (Å²) in [5.74, 6) is 0.563. The van der Waals surface area contributed by atoms with Gasteiger partial charge in [0.05, 0.1) is 11.8 Å². The minimum absolute atomic E-state index is 0.00544. The predicted octanol–water partition coefficient (Wildman–Crippen LogP) is 2.64. The fraction of sp³-hybridized carbons (Fsp3) is 0.429. The summed E-state index contributed by atoms with van der Waals surface area (Å²) in [6, 6.07) is 2.10. The van der Waals surface area contributed by atoms with Crippen LogP contribution in [0.1, 0.15) is 30.0 Å². The van der Waals surface area contributed by atoms with Crippen molar-refractivity contribution in [2.45, 2.75) is 33.4 Å². The van der Waals surface area contributed by atoms with Crippen LogP contribution in [-0.2, 0) is 13.6 Å². The van der Waals surface area contributed by atoms with Crippen LogP contribution in [0, 0.1) is 18.3 Å². The van der Waals surface area contributed by atoms with Gasteiger partial charge < -0.3 is 15.8 Å². The van der Waals surface area contributed by atoms with E-state index in [-0.39, 0.29) is 6.10 Å². The van der Waals surface area contributed by atoms with Gasteiger partial charge >= 0.3 is 0 Å². The first kappa shape index (κ1) is 15.2. The van der Waals surface area contributed by atoms with Gasteiger partial charge in [0, 0.05) is 25.4 Å². The van der Waals surface area contributed by atoms with Gasteiger partial charge in [-0.15, -0.1) is 11.3 Å². The lowest BCUT2D eigenvalue weighted by molar-refractivity contribution is 0.246. The summed E-state index contributed by atoms with van der Waals surface area (Å²) < 4.78 is 7.51. The molecule has 0 aromatic carbocycles. The summed E-state index contributed by atoms with van der Waals surface area (Å²) in [5.41, 5.74) is 8.45. The van der Waals surface area contributed by atoms with Gasteiger partial charge in [-0.05, 0) is 20.8 Å². The van der Waals surface area contributed by atoms with Crippen molar-refractivity contribution in [2.24, 2.45) is 7.05 Å². The molecule has 3 N–H and O–H groups in total. The van der Waals surface area contributed by atoms with Gasteiger partial charge in [0.2, 0.25) is 0 Å². The molecule has 0 atom stereocenters. The van der Waals surface area contributed by atoms with E-state index in [0.717, 1.165) is 16.3 Å². The van der Waals surface area contributed by atoms with E-state index in [0.29, 0.717) is 22.9 Å². The number of ether oxygens (including phenoxy) is 1. The van der Waals surface area contributed by atoms with Crippen LogP contribution in [0.25, 0.3) is 0 Å². The third-order valence-electron chi connectivity index (χ3n) is 2.91. The molecule has 112 valence electrons. The highest BCUT2D eigenvalue weighted by atomic mass is 32.1. The molecule has 0 saturated carbocycles. The van der Waals surface area contributed by atoms with Crippen molar-refractivity contribution in [3.05, 3.63) is 22.3 Å². The number of nitrogens with one attached hydrogen (secondary N) is 1. The fourth-order valence-corrected chi connectivity index (χ4v) is 2.83. The third-order valence-corrected chi connectivity index (χ3v) is 3.96. The minimum atomic E-state index is -0.00544. The Labute approximate surface area is 128 Å². The van der Waals surface area contributed by atoms with Gasteiger partial charge in [0.1, 0.15) is 21.6 Å². The molecule has 0 radical (unpaired) electrons. The predicted molar refractivity (Wildman–Crippen MR) is 84.5 cm³/mol. The smallest absolute Gasteiger partial charge is 0.178 e. The number of aryl methyl sites for hydroxylation is 2. The van der Waals surface area contributed by atoms with Gasteiger partial charge in [-0.2, -0.15) is 10.4 Å². The van der Waals surface area contributed by atoms with Crippen molar-refractivity contribution < 1.29 is 4.74 Å². The first-order valence-corrected chi connectivity index (χ1v) is 7.46. The number of nitriles is 1. The van der Waals surface area contributed by atoms with E-state index >= 15 is 0 Å². The maximum atomic E-state index is 9.11. The molecule has 2 aromatic rings. The molecule has 21 heavy (non-hydrogen) atoms. The number of hydrogen-bond donors (Lipinski definition) is 2. The van der Waals surface area contributed by atoms with E-state index in [1.807, 2.05) is 34.0 Å². The van der Waals surface area contributed by atoms with Crippen molar-refractivity contribution in [1.82, 2.24) is 9.78 Å². The normalized spacial score (nSPS) is 10.7. The highest BCUT2D eigenvalue weighted by Gasteiger charge is 2.18. The van der Waals surface area contributed by atoms with Crippen LogP contribution in [0.4, 0.5) is 10.7 Å². The van der Waals surface area contributed by atoms with Crippen molar-refractivity contribution in [3.8, 4) is 11.8 Å². The topological polar surface area (TPSA) is 88.9 Å². The number of nitrogen functional groups attached to an aromatic ring is 1. The zero-order chi connectivity index (χ0) is 15.6. The number of thiophene rings is 1. The summed E-state index contributed by atoms with van der Waals surface area (Å²) in [4.78, 5) is 0.469. The van der Waals surface area contributed by atoms with Crippen LogP contribution in [0.15, 0.2) is 6.20 Å². The van der Waals surface area contributed by atoms with E-state index in [4.69, 9.17) is 15.7 Å². The molecular formula is C14H19N5OS. The van der Waals surface area contributed by atoms with Gasteiger partial charge in [-0.3, -0.25) is 4.68 Å². The monoisotopic (exact) mass is 305 g/mol. The zero-order valence-corrected chi connectivity index (χ0v) is 13.4. The van der Waals surface area contributed by atoms with E-state index in [1.54, 1.807) is 4.68 Å². The van der Waals surface area contributed by atoms with Gasteiger partial charge in [0.15, 0.2) is 5.75 Å². The summed E-state index contributed by atoms with van der Waals surface area (Å²) in [6.07, 6.45) is 1.96. The van der Waals surface area contributed by atoms with E-state index < -0.39 is 0 Å². The first-order chi connectivity index (χ1) is 9.92. The van der Waals surface area contributed by atoms with Crippen molar-refractivity contribution in [2.75, 3.05) is 11.1 Å². The van der Waals surface area contributed by atoms with Crippen molar-refractivity contribution >= 4 is 22.0 Å². The zero-order valence-electron chi connectivity index (χ0n) is 12.6. The molecule has 0 aliphatic rings. The molecule has 0 spiro atoms. The molecule has 6 nitrogen and oxygen atoms in total. The summed E-state index contributed by atoms with van der Waals surface area (Å²) in [7, 11) is 1.89. The first-order valence-electron chi connectivity index (χ1n) is 6.64. The second kappa shape index (κ2) is 6.06. The standard InChI is InChI=1S/C14H19N5OS/c1-8(2)20-13-12(16)11(5-15)21-14(13)17-6-10-7-19(4)18-9(10)3/h7-8,17H,6,16H2,1-4H3. The van der Waals surface area contributed by atoms with Gasteiger partial charge in [-0.1, -0.05) is 0 Å². The number of aromatic nitrogens is 2. The molecule has 0 bridgehead atoms. The number of nitrogens with two attached hydrogens (primary N) is 1. The SMILES string of the molecule is Cc1nn(C)cc1CNc1sc(C#N)c(N)c1OC(C)C. The molecule has 7 heteroatoms. The Kier molecular flexibility index (Phi) is 4.38. The van der Waals surface area contributed by atoms with E-state index in [9.17, 15) is 0 Å². The van der Waals surface area contributed by atoms with Gasteiger partial charge in [-0.25, -0.2) is 0 Å². The minimum Gasteiger partial charge on any atom is -0.486 e. The Bertz CT molecular complexity index is 680. The van der Waals surface area contributed by atoms with E-state index in [2.05, 4.69) is 16.5 Å². The molecule has 2 rings (SSSR count). The lowest BCUT2D eigenvalue weighted by Gasteiger charge is -2.12. The van der Waals surface area contributed by atoms with Crippen LogP contribution in [0.3, 0.4) is 0 Å². The van der Waals surface area contributed by atoms with Crippen LogP contribution in [0.5, 0.6) is 5.75 Å². The van der Waals surface area contributed by atoms with Gasteiger partial charge in [0.25, 0.3) is 0 Å². The molecule has 0 aliphatic heterocycles. The number of hydrogen-bond acceptors (Lipinski definition) is 6. The van der Waals surface area contributed by atoms with Crippen molar-refractivity contribution in [1.29, 1.82) is 5.26 Å². The Balaban J connectivity index is 2.23. The average Bonchev–Trinajstić information content (AvgIpc) is 2.88. The number of rotatable bonds is 5. The molecule has 2 aromatic heterocycles. The number of nitrogens with zero attached hydrogens (tertiary/aromatic N) is 3. The highest BCUT2D eigenvalue weighted by molar-refractivity contribution is 7.17. The Morgan fingerprint density at radius 3 is 2.81 bits per heavy atom. The van der Waals surface area contributed by atoms with Crippen LogP contribution >= 0.6 is 11.3 Å². The van der Waals surface area contributed by atoms with Crippen molar-refractivity contribution in [3.63, 3.8) is 0 Å². The highest BCUT2D eigenvalue weighted by Crippen LogP contribution is 2.43. The fourth-order valence-electron chi connectivity index (χ4n) is 1.98. The maximum absolute atomic E-state index is 9.11. The molecular weight excluding hydrogens is 286 g/mol. The lowest BCUT2D eigenvalue weighted by Crippen LogP contribution is -2.08. The van der Waals surface area contributed by atoms with E-state index in [1.165, 1.54) is 11.3 Å². The molecule has 2 heterocycles. The van der Waals surface area contributed by atoms with Crippen LogP contribution in [-0.4, -0.2) is 15.9 Å². The average molecular weight is 305 g/mol. The summed E-state index contributed by atoms with van der Waals surface area (Å²) >= 11 is 1.31. The Morgan fingerprint density at radius 2 is 2.29 bits per heavy atom. The maximum Gasteiger partial charge on any atom is 0.178 e. The molecule has 0 aliphatic carbocycles. The molecule has 0 unspecified atom stereocenters. The largest absolute Gasteiger partial charge is 0.486 e. The van der Waals surface area contributed by atoms with Crippen LogP contribution < -0.4 is 15.8 Å². The molecule has 0 saturated heterocycles. The second-order valence-electron chi connectivity index (χ2n) is 5.05. The second-order valence-corrected chi connectivity index (χ2v) is 6.07. The van der Waals surface area contributed by atoms with Crippen LogP contribution in [0.2, 0.25) is 0 Å². The third kappa shape index (κ3) is 3.28. The Morgan fingerprint density at radius 1 is 1.57 bits per heavy atom. The summed E-state index contributed by atoms with van der Waals surface area (Å²) in [6.45, 7) is 6.43. The summed E-state index contributed by atoms with van der Waals surface area (Å²) in [5, 5.41) is 17.5. The lowest BCUT2D eigenvalue weighted by atomic mass is 10.2. The quantitative estimate of drug-likeness (QED) is 0.886. The molecule has 0 amide bonds.